The Labute approximate surface area is 154 Å². The molecule has 0 saturated carbocycles. The Kier molecular flexibility index (Phi) is 4.26. The van der Waals surface area contributed by atoms with Crippen LogP contribution < -0.4 is 5.32 Å². The molecule has 26 heavy (non-hydrogen) atoms. The highest BCUT2D eigenvalue weighted by molar-refractivity contribution is 7.18. The van der Waals surface area contributed by atoms with Crippen LogP contribution in [-0.4, -0.2) is 37.6 Å². The van der Waals surface area contributed by atoms with Crippen molar-refractivity contribution >= 4 is 33.2 Å². The van der Waals surface area contributed by atoms with E-state index in [9.17, 15) is 4.79 Å². The van der Waals surface area contributed by atoms with E-state index >= 15 is 0 Å². The smallest absolute Gasteiger partial charge is 0.318 e. The molecule has 0 radical (unpaired) electrons. The Morgan fingerprint density at radius 1 is 1.23 bits per heavy atom. The number of carbonyl (C=O) groups excluding carboxylic acids is 1. The monoisotopic (exact) mass is 366 g/mol. The molecule has 1 atom stereocenters. The highest BCUT2D eigenvalue weighted by atomic mass is 32.1. The fourth-order valence-corrected chi connectivity index (χ4v) is 3.80. The van der Waals surface area contributed by atoms with Crippen LogP contribution in [0.4, 0.5) is 4.79 Å². The molecule has 0 aliphatic rings. The lowest BCUT2D eigenvalue weighted by Gasteiger charge is -2.19. The zero-order valence-electron chi connectivity index (χ0n) is 14.5. The van der Waals surface area contributed by atoms with Gasteiger partial charge in [0.15, 0.2) is 11.5 Å². The lowest BCUT2D eigenvalue weighted by molar-refractivity contribution is 0.203. The molecule has 0 saturated heterocycles. The van der Waals surface area contributed by atoms with Crippen molar-refractivity contribution in [3.63, 3.8) is 0 Å². The van der Waals surface area contributed by atoms with Crippen molar-refractivity contribution in [3.8, 4) is 0 Å². The second-order valence-electron chi connectivity index (χ2n) is 6.09. The first-order chi connectivity index (χ1) is 12.6. The number of aromatic nitrogens is 4. The van der Waals surface area contributed by atoms with Gasteiger partial charge in [-0.1, -0.05) is 18.2 Å². The third-order valence-electron chi connectivity index (χ3n) is 4.12. The van der Waals surface area contributed by atoms with E-state index in [0.29, 0.717) is 12.4 Å². The quantitative estimate of drug-likeness (QED) is 0.602. The lowest BCUT2D eigenvalue weighted by atomic mass is 10.3. The average molecular weight is 366 g/mol. The molecule has 1 N–H and O–H groups in total. The van der Waals surface area contributed by atoms with E-state index in [1.54, 1.807) is 23.3 Å². The summed E-state index contributed by atoms with van der Waals surface area (Å²) in [5.74, 6) is 0.697. The van der Waals surface area contributed by atoms with Gasteiger partial charge in [-0.2, -0.15) is 0 Å². The van der Waals surface area contributed by atoms with Gasteiger partial charge in [0.2, 0.25) is 0 Å². The largest absolute Gasteiger partial charge is 0.328 e. The van der Waals surface area contributed by atoms with Crippen LogP contribution in [-0.2, 0) is 6.54 Å². The standard InChI is InChI=1S/C18H18N6OS/c1-12(17-22-21-15-9-5-6-10-24(15)17)19-18(25)23(2)11-16-20-13-7-3-4-8-14(13)26-16/h3-10,12H,11H2,1-2H3,(H,19,25). The van der Waals surface area contributed by atoms with E-state index < -0.39 is 0 Å². The molecule has 0 fully saturated rings. The first-order valence-corrected chi connectivity index (χ1v) is 9.09. The van der Waals surface area contributed by atoms with E-state index in [-0.39, 0.29) is 12.1 Å². The first-order valence-electron chi connectivity index (χ1n) is 8.27. The maximum absolute atomic E-state index is 12.5. The molecular weight excluding hydrogens is 348 g/mol. The molecule has 4 aromatic rings. The Balaban J connectivity index is 1.45. The number of rotatable bonds is 4. The van der Waals surface area contributed by atoms with Crippen LogP contribution in [0.25, 0.3) is 15.9 Å². The van der Waals surface area contributed by atoms with Gasteiger partial charge in [-0.3, -0.25) is 4.40 Å². The fourth-order valence-electron chi connectivity index (χ4n) is 2.78. The van der Waals surface area contributed by atoms with E-state index in [1.165, 1.54) is 0 Å². The number of urea groups is 1. The van der Waals surface area contributed by atoms with Crippen molar-refractivity contribution in [3.05, 3.63) is 59.5 Å². The number of nitrogens with one attached hydrogen (secondary N) is 1. The molecule has 2 amide bonds. The molecule has 0 spiro atoms. The SMILES string of the molecule is CC(NC(=O)N(C)Cc1nc2ccccc2s1)c1nnc2ccccn12. The van der Waals surface area contributed by atoms with Gasteiger partial charge in [0.05, 0.1) is 22.8 Å². The summed E-state index contributed by atoms with van der Waals surface area (Å²) in [6.07, 6.45) is 1.89. The molecular formula is C18H18N6OS. The molecule has 4 rings (SSSR count). The molecule has 3 aromatic heterocycles. The number of fused-ring (bicyclic) bond motifs is 2. The number of hydrogen-bond donors (Lipinski definition) is 1. The van der Waals surface area contributed by atoms with Crippen LogP contribution in [0.3, 0.4) is 0 Å². The molecule has 1 aromatic carbocycles. The normalized spacial score (nSPS) is 12.4. The van der Waals surface area contributed by atoms with Crippen molar-refractivity contribution in [2.45, 2.75) is 19.5 Å². The van der Waals surface area contributed by atoms with Gasteiger partial charge in [0, 0.05) is 13.2 Å². The lowest BCUT2D eigenvalue weighted by Crippen LogP contribution is -2.38. The minimum absolute atomic E-state index is 0.176. The molecule has 8 heteroatoms. The fraction of sp³-hybridized carbons (Fsp3) is 0.222. The van der Waals surface area contributed by atoms with Crippen LogP contribution >= 0.6 is 11.3 Å². The minimum Gasteiger partial charge on any atom is -0.328 e. The van der Waals surface area contributed by atoms with E-state index in [2.05, 4.69) is 20.5 Å². The van der Waals surface area contributed by atoms with Crippen molar-refractivity contribution in [1.82, 2.24) is 29.8 Å². The number of carbonyl (C=O) groups is 1. The Bertz CT molecular complexity index is 1040. The van der Waals surface area contributed by atoms with Crippen LogP contribution in [0.5, 0.6) is 0 Å². The van der Waals surface area contributed by atoms with Gasteiger partial charge in [0.1, 0.15) is 5.01 Å². The molecule has 0 aliphatic carbocycles. The van der Waals surface area contributed by atoms with Gasteiger partial charge in [-0.25, -0.2) is 9.78 Å². The second-order valence-corrected chi connectivity index (χ2v) is 7.20. The summed E-state index contributed by atoms with van der Waals surface area (Å²) in [5.41, 5.74) is 1.72. The van der Waals surface area contributed by atoms with Crippen molar-refractivity contribution in [1.29, 1.82) is 0 Å². The number of amides is 2. The maximum atomic E-state index is 12.5. The summed E-state index contributed by atoms with van der Waals surface area (Å²) >= 11 is 1.60. The zero-order chi connectivity index (χ0) is 18.1. The van der Waals surface area contributed by atoms with Crippen LogP contribution in [0.15, 0.2) is 48.7 Å². The van der Waals surface area contributed by atoms with Crippen molar-refractivity contribution < 1.29 is 4.79 Å². The van der Waals surface area contributed by atoms with E-state index in [0.717, 1.165) is 20.9 Å². The summed E-state index contributed by atoms with van der Waals surface area (Å²) in [5, 5.41) is 12.2. The third-order valence-corrected chi connectivity index (χ3v) is 5.15. The molecule has 1 unspecified atom stereocenters. The summed E-state index contributed by atoms with van der Waals surface area (Å²) in [4.78, 5) is 18.7. The zero-order valence-corrected chi connectivity index (χ0v) is 15.3. The number of hydrogen-bond acceptors (Lipinski definition) is 5. The predicted molar refractivity (Wildman–Crippen MR) is 101 cm³/mol. The van der Waals surface area contributed by atoms with Gasteiger partial charge < -0.3 is 10.2 Å². The predicted octanol–water partition coefficient (Wildman–Crippen LogP) is 3.24. The Morgan fingerprint density at radius 3 is 2.88 bits per heavy atom. The second kappa shape index (κ2) is 6.72. The molecule has 7 nitrogen and oxygen atoms in total. The van der Waals surface area contributed by atoms with Crippen LogP contribution in [0, 0.1) is 0 Å². The average Bonchev–Trinajstić information content (AvgIpc) is 3.24. The Hall–Kier alpha value is -3.00. The summed E-state index contributed by atoms with van der Waals surface area (Å²) in [6.45, 7) is 2.35. The highest BCUT2D eigenvalue weighted by Crippen LogP contribution is 2.22. The van der Waals surface area contributed by atoms with Gasteiger partial charge in [-0.05, 0) is 31.2 Å². The topological polar surface area (TPSA) is 75.4 Å². The van der Waals surface area contributed by atoms with Crippen LogP contribution in [0.1, 0.15) is 23.8 Å². The maximum Gasteiger partial charge on any atom is 0.318 e. The summed E-state index contributed by atoms with van der Waals surface area (Å²) in [7, 11) is 1.76. The highest BCUT2D eigenvalue weighted by Gasteiger charge is 2.18. The van der Waals surface area contributed by atoms with Gasteiger partial charge in [0.25, 0.3) is 0 Å². The molecule has 3 heterocycles. The van der Waals surface area contributed by atoms with Gasteiger partial charge in [-0.15, -0.1) is 21.5 Å². The van der Waals surface area contributed by atoms with Crippen LogP contribution in [0.2, 0.25) is 0 Å². The Morgan fingerprint density at radius 2 is 2.04 bits per heavy atom. The van der Waals surface area contributed by atoms with Crippen molar-refractivity contribution in [2.24, 2.45) is 0 Å². The van der Waals surface area contributed by atoms with Gasteiger partial charge >= 0.3 is 6.03 Å². The molecule has 0 bridgehead atoms. The number of para-hydroxylation sites is 1. The summed E-state index contributed by atoms with van der Waals surface area (Å²) < 4.78 is 3.00. The number of thiazole rings is 1. The first kappa shape index (κ1) is 16.5. The van der Waals surface area contributed by atoms with E-state index in [1.807, 2.05) is 60.0 Å². The summed E-state index contributed by atoms with van der Waals surface area (Å²) in [6, 6.07) is 13.2. The number of pyridine rings is 1. The van der Waals surface area contributed by atoms with E-state index in [4.69, 9.17) is 0 Å². The molecule has 132 valence electrons. The number of benzene rings is 1. The minimum atomic E-state index is -0.266. The van der Waals surface area contributed by atoms with Crippen molar-refractivity contribution in [2.75, 3.05) is 7.05 Å². The third kappa shape index (κ3) is 3.11. The number of nitrogens with zero attached hydrogens (tertiary/aromatic N) is 5. The molecule has 0 aliphatic heterocycles.